The quantitative estimate of drug-likeness (QED) is 0.830. The van der Waals surface area contributed by atoms with E-state index >= 15 is 0 Å². The first-order valence-electron chi connectivity index (χ1n) is 6.36. The van der Waals surface area contributed by atoms with Gasteiger partial charge in [0.05, 0.1) is 0 Å². The second kappa shape index (κ2) is 7.42. The van der Waals surface area contributed by atoms with E-state index in [0.29, 0.717) is 6.04 Å². The van der Waals surface area contributed by atoms with Gasteiger partial charge in [-0.15, -0.1) is 0 Å². The Balaban J connectivity index is 0.000000606. The predicted octanol–water partition coefficient (Wildman–Crippen LogP) is 2.64. The van der Waals surface area contributed by atoms with Gasteiger partial charge in [-0.05, 0) is 24.9 Å². The van der Waals surface area contributed by atoms with E-state index in [1.54, 1.807) is 0 Å². The molecular formula is C14H24N2. The fraction of sp³-hybridized carbons (Fsp3) is 0.571. The van der Waals surface area contributed by atoms with Gasteiger partial charge >= 0.3 is 0 Å². The van der Waals surface area contributed by atoms with Crippen molar-refractivity contribution < 1.29 is 0 Å². The highest BCUT2D eigenvalue weighted by atomic mass is 15.1. The fourth-order valence-corrected chi connectivity index (χ4v) is 2.08. The molecule has 90 valence electrons. The maximum Gasteiger partial charge on any atom is 0.0234 e. The number of nitrogens with two attached hydrogens (primary N) is 1. The summed E-state index contributed by atoms with van der Waals surface area (Å²) in [6.07, 6.45) is 2.43. The highest BCUT2D eigenvalue weighted by Gasteiger charge is 2.15. The molecule has 2 rings (SSSR count). The largest absolute Gasteiger partial charge is 0.327 e. The van der Waals surface area contributed by atoms with E-state index in [9.17, 15) is 0 Å². The zero-order valence-corrected chi connectivity index (χ0v) is 10.5. The molecule has 1 saturated heterocycles. The van der Waals surface area contributed by atoms with Crippen molar-refractivity contribution in [1.82, 2.24) is 4.90 Å². The third-order valence-electron chi connectivity index (χ3n) is 2.79. The summed E-state index contributed by atoms with van der Waals surface area (Å²) >= 11 is 0. The van der Waals surface area contributed by atoms with Crippen LogP contribution >= 0.6 is 0 Å². The van der Waals surface area contributed by atoms with Gasteiger partial charge in [-0.25, -0.2) is 0 Å². The summed E-state index contributed by atoms with van der Waals surface area (Å²) in [6, 6.07) is 11.0. The van der Waals surface area contributed by atoms with Gasteiger partial charge in [0.15, 0.2) is 0 Å². The summed E-state index contributed by atoms with van der Waals surface area (Å²) < 4.78 is 0. The molecule has 0 bridgehead atoms. The van der Waals surface area contributed by atoms with Crippen LogP contribution in [0, 0.1) is 0 Å². The molecule has 1 aliphatic heterocycles. The van der Waals surface area contributed by atoms with Crippen LogP contribution in [0.1, 0.15) is 32.3 Å². The molecule has 0 unspecified atom stereocenters. The first kappa shape index (κ1) is 13.2. The molecule has 1 heterocycles. The van der Waals surface area contributed by atoms with Crippen molar-refractivity contribution in [2.24, 2.45) is 5.73 Å². The van der Waals surface area contributed by atoms with E-state index in [4.69, 9.17) is 5.73 Å². The Kier molecular flexibility index (Phi) is 6.12. The summed E-state index contributed by atoms with van der Waals surface area (Å²) in [6.45, 7) is 7.30. The summed E-state index contributed by atoms with van der Waals surface area (Å²) in [4.78, 5) is 2.45. The molecule has 1 fully saturated rings. The molecule has 1 atom stereocenters. The Bertz CT molecular complexity index is 271. The zero-order chi connectivity index (χ0) is 11.8. The summed E-state index contributed by atoms with van der Waals surface area (Å²) in [5.41, 5.74) is 7.33. The average Bonchev–Trinajstić information content (AvgIpc) is 2.33. The molecule has 2 nitrogen and oxygen atoms in total. The summed E-state index contributed by atoms with van der Waals surface area (Å²) in [5.74, 6) is 0. The first-order valence-corrected chi connectivity index (χ1v) is 6.36. The van der Waals surface area contributed by atoms with Crippen LogP contribution in [0.2, 0.25) is 0 Å². The lowest BCUT2D eigenvalue weighted by molar-refractivity contribution is 0.201. The Morgan fingerprint density at radius 3 is 2.56 bits per heavy atom. The van der Waals surface area contributed by atoms with Crippen LogP contribution < -0.4 is 5.73 Å². The Morgan fingerprint density at radius 1 is 1.25 bits per heavy atom. The lowest BCUT2D eigenvalue weighted by Gasteiger charge is -2.30. The summed E-state index contributed by atoms with van der Waals surface area (Å²) in [7, 11) is 0. The second-order valence-corrected chi connectivity index (χ2v) is 4.12. The summed E-state index contributed by atoms with van der Waals surface area (Å²) in [5, 5.41) is 0. The van der Waals surface area contributed by atoms with E-state index in [-0.39, 0.29) is 0 Å². The fourth-order valence-electron chi connectivity index (χ4n) is 2.08. The molecule has 2 heteroatoms. The highest BCUT2D eigenvalue weighted by Crippen LogP contribution is 2.11. The smallest absolute Gasteiger partial charge is 0.0234 e. The molecule has 0 saturated carbocycles. The lowest BCUT2D eigenvalue weighted by Crippen LogP contribution is -2.42. The van der Waals surface area contributed by atoms with Gasteiger partial charge in [0.2, 0.25) is 0 Å². The molecule has 16 heavy (non-hydrogen) atoms. The minimum Gasteiger partial charge on any atom is -0.327 e. The molecule has 0 aromatic heterocycles. The van der Waals surface area contributed by atoms with Crippen molar-refractivity contribution in [2.75, 3.05) is 13.1 Å². The standard InChI is InChI=1S/C12H18N2.C2H6/c13-12-7-4-8-14(10-12)9-11-5-2-1-3-6-11;1-2/h1-3,5-6,12H,4,7-10,13H2;1-2H3/t12-;/m1./s1. The number of hydrogen-bond acceptors (Lipinski definition) is 2. The molecule has 0 amide bonds. The van der Waals surface area contributed by atoms with E-state index in [0.717, 1.165) is 13.1 Å². The normalized spacial score (nSPS) is 21.1. The molecule has 1 aromatic carbocycles. The topological polar surface area (TPSA) is 29.3 Å². The van der Waals surface area contributed by atoms with Crippen LogP contribution in [0.3, 0.4) is 0 Å². The third kappa shape index (κ3) is 4.33. The minimum absolute atomic E-state index is 0.382. The van der Waals surface area contributed by atoms with Gasteiger partial charge in [0, 0.05) is 19.1 Å². The van der Waals surface area contributed by atoms with Crippen molar-refractivity contribution in [2.45, 2.75) is 39.3 Å². The van der Waals surface area contributed by atoms with Crippen LogP contribution in [0.25, 0.3) is 0 Å². The molecule has 0 spiro atoms. The van der Waals surface area contributed by atoms with Gasteiger partial charge < -0.3 is 5.73 Å². The van der Waals surface area contributed by atoms with Crippen molar-refractivity contribution in [3.05, 3.63) is 35.9 Å². The average molecular weight is 220 g/mol. The maximum atomic E-state index is 5.94. The number of nitrogens with zero attached hydrogens (tertiary/aromatic N) is 1. The Hall–Kier alpha value is -0.860. The van der Waals surface area contributed by atoms with Crippen molar-refractivity contribution in [3.8, 4) is 0 Å². The van der Waals surface area contributed by atoms with Gasteiger partial charge in [0.1, 0.15) is 0 Å². The number of likely N-dealkylation sites (tertiary alicyclic amines) is 1. The van der Waals surface area contributed by atoms with Crippen molar-refractivity contribution >= 4 is 0 Å². The molecule has 0 radical (unpaired) electrons. The number of benzene rings is 1. The molecule has 0 aliphatic carbocycles. The third-order valence-corrected chi connectivity index (χ3v) is 2.79. The SMILES string of the molecule is CC.N[C@@H]1CCCN(Cc2ccccc2)C1. The van der Waals surface area contributed by atoms with Crippen molar-refractivity contribution in [1.29, 1.82) is 0 Å². The Morgan fingerprint density at radius 2 is 1.94 bits per heavy atom. The van der Waals surface area contributed by atoms with E-state index in [1.165, 1.54) is 24.9 Å². The monoisotopic (exact) mass is 220 g/mol. The minimum atomic E-state index is 0.382. The maximum absolute atomic E-state index is 5.94. The van der Waals surface area contributed by atoms with Gasteiger partial charge in [0.25, 0.3) is 0 Å². The second-order valence-electron chi connectivity index (χ2n) is 4.12. The van der Waals surface area contributed by atoms with Gasteiger partial charge in [-0.2, -0.15) is 0 Å². The van der Waals surface area contributed by atoms with Crippen LogP contribution in [0.4, 0.5) is 0 Å². The molecule has 1 aliphatic rings. The lowest BCUT2D eigenvalue weighted by atomic mass is 10.1. The number of rotatable bonds is 2. The van der Waals surface area contributed by atoms with Crippen LogP contribution in [0.5, 0.6) is 0 Å². The van der Waals surface area contributed by atoms with E-state index < -0.39 is 0 Å². The first-order chi connectivity index (χ1) is 7.84. The van der Waals surface area contributed by atoms with Crippen LogP contribution in [-0.4, -0.2) is 24.0 Å². The van der Waals surface area contributed by atoms with Gasteiger partial charge in [-0.3, -0.25) is 4.90 Å². The number of hydrogen-bond donors (Lipinski definition) is 1. The zero-order valence-electron chi connectivity index (χ0n) is 10.5. The van der Waals surface area contributed by atoms with Crippen molar-refractivity contribution in [3.63, 3.8) is 0 Å². The highest BCUT2D eigenvalue weighted by molar-refractivity contribution is 5.14. The molecular weight excluding hydrogens is 196 g/mol. The predicted molar refractivity (Wildman–Crippen MR) is 70.3 cm³/mol. The van der Waals surface area contributed by atoms with Gasteiger partial charge in [-0.1, -0.05) is 44.2 Å². The number of piperidine rings is 1. The van der Waals surface area contributed by atoms with E-state index in [2.05, 4.69) is 35.2 Å². The molecule has 2 N–H and O–H groups in total. The van der Waals surface area contributed by atoms with E-state index in [1.807, 2.05) is 13.8 Å². The van der Waals surface area contributed by atoms with Crippen LogP contribution in [0.15, 0.2) is 30.3 Å². The Labute approximate surface area is 99.5 Å². The van der Waals surface area contributed by atoms with Crippen LogP contribution in [-0.2, 0) is 6.54 Å². The molecule has 1 aromatic rings.